The predicted octanol–water partition coefficient (Wildman–Crippen LogP) is 3.56. The molecule has 1 rings (SSSR count). The van der Waals surface area contributed by atoms with Gasteiger partial charge in [0.15, 0.2) is 0 Å². The molecule has 0 fully saturated rings. The van der Waals surface area contributed by atoms with Crippen LogP contribution in [0.25, 0.3) is 0 Å². The number of benzene rings is 1. The van der Waals surface area contributed by atoms with Crippen LogP contribution in [0.15, 0.2) is 23.2 Å². The number of aliphatic imine (C=N–C) groups is 1. The van der Waals surface area contributed by atoms with Crippen LogP contribution in [0.3, 0.4) is 0 Å². The van der Waals surface area contributed by atoms with Crippen molar-refractivity contribution < 1.29 is 4.79 Å². The predicted molar refractivity (Wildman–Crippen MR) is 96.2 cm³/mol. The van der Waals surface area contributed by atoms with E-state index in [9.17, 15) is 4.79 Å². The highest BCUT2D eigenvalue weighted by molar-refractivity contribution is 6.02. The molecule has 0 atom stereocenters. The van der Waals surface area contributed by atoms with Gasteiger partial charge in [0.05, 0.1) is 0 Å². The zero-order valence-electron chi connectivity index (χ0n) is 14.1. The summed E-state index contributed by atoms with van der Waals surface area (Å²) in [7, 11) is 3.61. The number of carbonyl (C=O) groups excluding carboxylic acids is 1. The summed E-state index contributed by atoms with van der Waals surface area (Å²) in [6.45, 7) is 6.96. The fourth-order valence-electron chi connectivity index (χ4n) is 2.08. The van der Waals surface area contributed by atoms with Crippen LogP contribution in [-0.4, -0.2) is 37.5 Å². The molecule has 0 aliphatic carbocycles. The van der Waals surface area contributed by atoms with Gasteiger partial charge in [0.25, 0.3) is 0 Å². The molecular weight excluding hydrogens is 300 g/mol. The second-order valence-corrected chi connectivity index (χ2v) is 5.17. The van der Waals surface area contributed by atoms with Crippen LogP contribution < -0.4 is 10.6 Å². The van der Waals surface area contributed by atoms with E-state index in [0.29, 0.717) is 5.96 Å². The molecule has 0 heterocycles. The van der Waals surface area contributed by atoms with Crippen LogP contribution in [-0.2, 0) is 0 Å². The topological polar surface area (TPSA) is 56.7 Å². The second-order valence-electron chi connectivity index (χ2n) is 5.17. The number of halogens is 1. The minimum Gasteiger partial charge on any atom is -0.346 e. The minimum absolute atomic E-state index is 0. The van der Waals surface area contributed by atoms with Crippen molar-refractivity contribution in [2.45, 2.75) is 33.6 Å². The zero-order valence-corrected chi connectivity index (χ0v) is 14.9. The van der Waals surface area contributed by atoms with Crippen molar-refractivity contribution in [3.63, 3.8) is 0 Å². The molecule has 124 valence electrons. The molecule has 0 aliphatic rings. The maximum absolute atomic E-state index is 12.1. The van der Waals surface area contributed by atoms with Gasteiger partial charge in [-0.2, -0.15) is 0 Å². The van der Waals surface area contributed by atoms with Crippen molar-refractivity contribution in [3.8, 4) is 0 Å². The largest absolute Gasteiger partial charge is 0.346 e. The summed E-state index contributed by atoms with van der Waals surface area (Å²) in [5.74, 6) is 0.576. The molecule has 2 N–H and O–H groups in total. The third-order valence-corrected chi connectivity index (χ3v) is 3.37. The molecule has 5 nitrogen and oxygen atoms in total. The molecule has 2 amide bonds. The van der Waals surface area contributed by atoms with E-state index in [0.717, 1.165) is 36.2 Å². The van der Waals surface area contributed by atoms with Gasteiger partial charge in [0.1, 0.15) is 0 Å². The zero-order chi connectivity index (χ0) is 15.8. The van der Waals surface area contributed by atoms with E-state index in [1.54, 1.807) is 7.05 Å². The monoisotopic (exact) mass is 326 g/mol. The smallest absolute Gasteiger partial charge is 0.326 e. The number of amides is 2. The number of nitrogens with one attached hydrogen (secondary N) is 2. The third-order valence-electron chi connectivity index (χ3n) is 3.37. The molecule has 0 spiro atoms. The van der Waals surface area contributed by atoms with Crippen LogP contribution in [0.1, 0.15) is 30.9 Å². The first-order chi connectivity index (χ1) is 9.99. The van der Waals surface area contributed by atoms with Gasteiger partial charge in [-0.3, -0.25) is 10.3 Å². The van der Waals surface area contributed by atoms with Gasteiger partial charge in [-0.1, -0.05) is 31.5 Å². The number of para-hydroxylation sites is 1. The number of urea groups is 1. The van der Waals surface area contributed by atoms with Gasteiger partial charge in [-0.15, -0.1) is 12.4 Å². The highest BCUT2D eigenvalue weighted by Gasteiger charge is 2.11. The first kappa shape index (κ1) is 20.2. The van der Waals surface area contributed by atoms with Gasteiger partial charge in [0, 0.05) is 26.3 Å². The van der Waals surface area contributed by atoms with Crippen molar-refractivity contribution in [1.82, 2.24) is 10.2 Å². The number of carbonyl (C=O) groups is 1. The van der Waals surface area contributed by atoms with Crippen molar-refractivity contribution >= 4 is 30.1 Å². The standard InChI is InChI=1S/C16H26N4O.ClH/c1-6-7-11-20(5)15(17-4)19-16(21)18-14-12(2)9-8-10-13(14)3;/h8-10H,6-7,11H2,1-5H3,(H2,17,18,19,21);1H. The van der Waals surface area contributed by atoms with E-state index in [2.05, 4.69) is 22.5 Å². The lowest BCUT2D eigenvalue weighted by atomic mass is 10.1. The Morgan fingerprint density at radius 3 is 2.36 bits per heavy atom. The van der Waals surface area contributed by atoms with Crippen molar-refractivity contribution in [2.24, 2.45) is 4.99 Å². The molecule has 0 aliphatic heterocycles. The van der Waals surface area contributed by atoms with Crippen LogP contribution in [0.2, 0.25) is 0 Å². The number of aryl methyl sites for hydroxylation is 2. The Hall–Kier alpha value is -1.75. The van der Waals surface area contributed by atoms with Gasteiger partial charge in [0.2, 0.25) is 5.96 Å². The summed E-state index contributed by atoms with van der Waals surface area (Å²) in [5, 5.41) is 5.70. The summed E-state index contributed by atoms with van der Waals surface area (Å²) in [4.78, 5) is 18.2. The molecule has 22 heavy (non-hydrogen) atoms. The molecule has 0 saturated heterocycles. The second kappa shape index (κ2) is 10.1. The fourth-order valence-corrected chi connectivity index (χ4v) is 2.08. The van der Waals surface area contributed by atoms with E-state index < -0.39 is 0 Å². The molecule has 0 unspecified atom stereocenters. The Bertz CT molecular complexity index is 497. The number of rotatable bonds is 4. The lowest BCUT2D eigenvalue weighted by molar-refractivity contribution is 0.255. The minimum atomic E-state index is -0.267. The first-order valence-electron chi connectivity index (χ1n) is 7.31. The fraction of sp³-hybridized carbons (Fsp3) is 0.500. The Morgan fingerprint density at radius 1 is 1.27 bits per heavy atom. The summed E-state index contributed by atoms with van der Waals surface area (Å²) in [5.41, 5.74) is 2.93. The van der Waals surface area contributed by atoms with Crippen LogP contribution in [0, 0.1) is 13.8 Å². The Kier molecular flexibility index (Phi) is 9.26. The summed E-state index contributed by atoms with van der Waals surface area (Å²) < 4.78 is 0. The number of guanidine groups is 1. The number of unbranched alkanes of at least 4 members (excludes halogenated alkanes) is 1. The molecule has 0 aromatic heterocycles. The molecule has 1 aromatic carbocycles. The van der Waals surface area contributed by atoms with Gasteiger partial charge < -0.3 is 10.2 Å². The normalized spacial score (nSPS) is 10.7. The SMILES string of the molecule is CCCCN(C)C(=NC)NC(=O)Nc1c(C)cccc1C.Cl. The van der Waals surface area contributed by atoms with E-state index >= 15 is 0 Å². The number of hydrogen-bond acceptors (Lipinski definition) is 2. The maximum atomic E-state index is 12.1. The highest BCUT2D eigenvalue weighted by Crippen LogP contribution is 2.18. The molecule has 0 radical (unpaired) electrons. The lowest BCUT2D eigenvalue weighted by Crippen LogP contribution is -2.44. The van der Waals surface area contributed by atoms with Gasteiger partial charge >= 0.3 is 6.03 Å². The lowest BCUT2D eigenvalue weighted by Gasteiger charge is -2.21. The quantitative estimate of drug-likeness (QED) is 0.656. The number of nitrogens with zero attached hydrogens (tertiary/aromatic N) is 2. The maximum Gasteiger partial charge on any atom is 0.326 e. The molecular formula is C16H27ClN4O. The molecule has 1 aromatic rings. The highest BCUT2D eigenvalue weighted by atomic mass is 35.5. The summed E-state index contributed by atoms with van der Waals surface area (Å²) in [6.07, 6.45) is 2.17. The van der Waals surface area contributed by atoms with Crippen LogP contribution in [0.4, 0.5) is 10.5 Å². The third kappa shape index (κ3) is 5.93. The Balaban J connectivity index is 0.00000441. The Labute approximate surface area is 139 Å². The van der Waals surface area contributed by atoms with Crippen LogP contribution >= 0.6 is 12.4 Å². The van der Waals surface area contributed by atoms with Crippen molar-refractivity contribution in [2.75, 3.05) is 26.0 Å². The van der Waals surface area contributed by atoms with Crippen molar-refractivity contribution in [3.05, 3.63) is 29.3 Å². The van der Waals surface area contributed by atoms with Gasteiger partial charge in [-0.25, -0.2) is 4.79 Å². The van der Waals surface area contributed by atoms with Gasteiger partial charge in [-0.05, 0) is 31.4 Å². The van der Waals surface area contributed by atoms with Crippen LogP contribution in [0.5, 0.6) is 0 Å². The van der Waals surface area contributed by atoms with Crippen molar-refractivity contribution in [1.29, 1.82) is 0 Å². The number of anilines is 1. The molecule has 0 bridgehead atoms. The van der Waals surface area contributed by atoms with E-state index in [-0.39, 0.29) is 18.4 Å². The average Bonchev–Trinajstić information content (AvgIpc) is 2.46. The Morgan fingerprint density at radius 2 is 1.86 bits per heavy atom. The summed E-state index contributed by atoms with van der Waals surface area (Å²) >= 11 is 0. The van der Waals surface area contributed by atoms with E-state index in [1.165, 1.54) is 0 Å². The number of hydrogen-bond donors (Lipinski definition) is 2. The molecule has 6 heteroatoms. The first-order valence-corrected chi connectivity index (χ1v) is 7.31. The summed E-state index contributed by atoms with van der Waals surface area (Å²) in [6, 6.07) is 5.66. The average molecular weight is 327 g/mol. The molecule has 0 saturated carbocycles. The van der Waals surface area contributed by atoms with E-state index in [1.807, 2.05) is 44.0 Å². The van der Waals surface area contributed by atoms with E-state index in [4.69, 9.17) is 0 Å².